The van der Waals surface area contributed by atoms with Gasteiger partial charge in [0.2, 0.25) is 0 Å². The van der Waals surface area contributed by atoms with Crippen molar-refractivity contribution in [2.45, 2.75) is 12.8 Å². The minimum atomic E-state index is 0.858. The van der Waals surface area contributed by atoms with Gasteiger partial charge in [-0.25, -0.2) is 0 Å². The predicted molar refractivity (Wildman–Crippen MR) is 58.4 cm³/mol. The molecule has 0 aromatic heterocycles. The minimum Gasteiger partial charge on any atom is -0.356 e. The molecule has 0 saturated carbocycles. The second-order valence-corrected chi connectivity index (χ2v) is 4.77. The summed E-state index contributed by atoms with van der Waals surface area (Å²) in [5, 5.41) is 6.66. The summed E-state index contributed by atoms with van der Waals surface area (Å²) in [5.74, 6) is 4.53. The van der Waals surface area contributed by atoms with Crippen LogP contribution in [0.4, 0.5) is 0 Å². The molecule has 2 N–H and O–H groups in total. The monoisotopic (exact) mass is 199 g/mol. The van der Waals surface area contributed by atoms with Gasteiger partial charge in [-0.3, -0.25) is 4.99 Å². The van der Waals surface area contributed by atoms with Crippen molar-refractivity contribution in [1.82, 2.24) is 10.6 Å². The van der Waals surface area contributed by atoms with Gasteiger partial charge in [0, 0.05) is 19.6 Å². The molecule has 1 atom stereocenters. The van der Waals surface area contributed by atoms with Gasteiger partial charge >= 0.3 is 0 Å². The lowest BCUT2D eigenvalue weighted by Gasteiger charge is -2.17. The van der Waals surface area contributed by atoms with Crippen molar-refractivity contribution in [3.63, 3.8) is 0 Å². The Hall–Kier alpha value is -0.380. The van der Waals surface area contributed by atoms with Crippen LogP contribution in [0.5, 0.6) is 0 Å². The lowest BCUT2D eigenvalue weighted by Crippen LogP contribution is -2.42. The summed E-state index contributed by atoms with van der Waals surface area (Å²) in [6.07, 6.45) is 2.54. The van der Waals surface area contributed by atoms with Crippen molar-refractivity contribution < 1.29 is 0 Å². The summed E-state index contributed by atoms with van der Waals surface area (Å²) < 4.78 is 0. The molecule has 0 aliphatic carbocycles. The first-order chi connectivity index (χ1) is 6.45. The molecule has 13 heavy (non-hydrogen) atoms. The molecule has 74 valence electrons. The van der Waals surface area contributed by atoms with Gasteiger partial charge in [0.05, 0.1) is 0 Å². The number of rotatable bonds is 2. The van der Waals surface area contributed by atoms with Crippen molar-refractivity contribution in [2.75, 3.05) is 31.1 Å². The van der Waals surface area contributed by atoms with E-state index < -0.39 is 0 Å². The molecule has 1 unspecified atom stereocenters. The number of guanidine groups is 1. The molecule has 0 bridgehead atoms. The fraction of sp³-hybridized carbons (Fsp3) is 0.889. The Labute approximate surface area is 83.8 Å². The first kappa shape index (κ1) is 9.19. The third-order valence-corrected chi connectivity index (χ3v) is 3.71. The van der Waals surface area contributed by atoms with Crippen molar-refractivity contribution >= 4 is 17.7 Å². The van der Waals surface area contributed by atoms with Crippen LogP contribution in [0.3, 0.4) is 0 Å². The molecular formula is C9H17N3S. The zero-order valence-corrected chi connectivity index (χ0v) is 8.70. The molecule has 1 fully saturated rings. The van der Waals surface area contributed by atoms with E-state index in [0.717, 1.165) is 31.5 Å². The van der Waals surface area contributed by atoms with E-state index in [9.17, 15) is 0 Å². The van der Waals surface area contributed by atoms with Gasteiger partial charge in [0.15, 0.2) is 5.96 Å². The SMILES string of the molecule is C1CN=C(NCC2CCSC2)NC1. The lowest BCUT2D eigenvalue weighted by atomic mass is 10.1. The molecule has 0 radical (unpaired) electrons. The number of nitrogens with zero attached hydrogens (tertiary/aromatic N) is 1. The van der Waals surface area contributed by atoms with Crippen LogP contribution in [0.1, 0.15) is 12.8 Å². The van der Waals surface area contributed by atoms with Crippen LogP contribution in [0, 0.1) is 5.92 Å². The molecular weight excluding hydrogens is 182 g/mol. The molecule has 0 aromatic rings. The third-order valence-electron chi connectivity index (χ3n) is 2.48. The first-order valence-electron chi connectivity index (χ1n) is 5.05. The Balaban J connectivity index is 1.68. The van der Waals surface area contributed by atoms with Crippen molar-refractivity contribution in [3.8, 4) is 0 Å². The van der Waals surface area contributed by atoms with Gasteiger partial charge in [0.25, 0.3) is 0 Å². The Kier molecular flexibility index (Phi) is 3.35. The standard InChI is InChI=1S/C9H17N3S/c1-3-10-9(11-4-1)12-6-8-2-5-13-7-8/h8H,1-7H2,(H2,10,11,12). The molecule has 2 aliphatic heterocycles. The number of thioether (sulfide) groups is 1. The van der Waals surface area contributed by atoms with Gasteiger partial charge in [0.1, 0.15) is 0 Å². The van der Waals surface area contributed by atoms with Gasteiger partial charge < -0.3 is 10.6 Å². The second-order valence-electron chi connectivity index (χ2n) is 3.62. The largest absolute Gasteiger partial charge is 0.356 e. The highest BCUT2D eigenvalue weighted by atomic mass is 32.2. The van der Waals surface area contributed by atoms with E-state index in [-0.39, 0.29) is 0 Å². The molecule has 2 aliphatic rings. The zero-order chi connectivity index (χ0) is 8.93. The minimum absolute atomic E-state index is 0.858. The molecule has 0 amide bonds. The summed E-state index contributed by atoms with van der Waals surface area (Å²) in [5.41, 5.74) is 0. The average molecular weight is 199 g/mol. The summed E-state index contributed by atoms with van der Waals surface area (Å²) in [7, 11) is 0. The van der Waals surface area contributed by atoms with Crippen LogP contribution >= 0.6 is 11.8 Å². The number of hydrogen-bond donors (Lipinski definition) is 2. The fourth-order valence-electron chi connectivity index (χ4n) is 1.64. The highest BCUT2D eigenvalue weighted by Gasteiger charge is 2.15. The van der Waals surface area contributed by atoms with E-state index in [0.29, 0.717) is 0 Å². The number of aliphatic imine (C=N–C) groups is 1. The van der Waals surface area contributed by atoms with E-state index in [4.69, 9.17) is 0 Å². The molecule has 2 heterocycles. The maximum Gasteiger partial charge on any atom is 0.191 e. The molecule has 0 aromatic carbocycles. The molecule has 2 rings (SSSR count). The predicted octanol–water partition coefficient (Wildman–Crippen LogP) is 0.678. The molecule has 0 spiro atoms. The average Bonchev–Trinajstić information content (AvgIpc) is 2.69. The van der Waals surface area contributed by atoms with Crippen molar-refractivity contribution in [2.24, 2.45) is 10.9 Å². The summed E-state index contributed by atoms with van der Waals surface area (Å²) in [6.45, 7) is 3.15. The van der Waals surface area contributed by atoms with E-state index in [1.54, 1.807) is 0 Å². The van der Waals surface area contributed by atoms with Gasteiger partial charge in [-0.15, -0.1) is 0 Å². The Bertz CT molecular complexity index is 187. The molecule has 1 saturated heterocycles. The van der Waals surface area contributed by atoms with Gasteiger partial charge in [-0.1, -0.05) is 0 Å². The van der Waals surface area contributed by atoms with Crippen LogP contribution in [-0.4, -0.2) is 37.1 Å². The molecule has 4 heteroatoms. The van der Waals surface area contributed by atoms with Crippen LogP contribution in [0.15, 0.2) is 4.99 Å². The van der Waals surface area contributed by atoms with Crippen molar-refractivity contribution in [1.29, 1.82) is 0 Å². The smallest absolute Gasteiger partial charge is 0.191 e. The maximum absolute atomic E-state index is 4.38. The zero-order valence-electron chi connectivity index (χ0n) is 7.88. The quantitative estimate of drug-likeness (QED) is 0.686. The van der Waals surface area contributed by atoms with Crippen LogP contribution in [0.2, 0.25) is 0 Å². The Morgan fingerprint density at radius 3 is 3.31 bits per heavy atom. The van der Waals surface area contributed by atoms with Gasteiger partial charge in [-0.05, 0) is 30.3 Å². The maximum atomic E-state index is 4.38. The van der Waals surface area contributed by atoms with Crippen LogP contribution < -0.4 is 10.6 Å². The van der Waals surface area contributed by atoms with Crippen LogP contribution in [0.25, 0.3) is 0 Å². The third kappa shape index (κ3) is 2.79. The topological polar surface area (TPSA) is 36.4 Å². The fourth-order valence-corrected chi connectivity index (χ4v) is 2.92. The van der Waals surface area contributed by atoms with E-state index in [1.165, 1.54) is 24.3 Å². The van der Waals surface area contributed by atoms with Gasteiger partial charge in [-0.2, -0.15) is 11.8 Å². The van der Waals surface area contributed by atoms with Crippen molar-refractivity contribution in [3.05, 3.63) is 0 Å². The van der Waals surface area contributed by atoms with E-state index in [1.807, 2.05) is 0 Å². The van der Waals surface area contributed by atoms with E-state index in [2.05, 4.69) is 27.4 Å². The number of nitrogens with one attached hydrogen (secondary N) is 2. The number of hydrogen-bond acceptors (Lipinski definition) is 4. The van der Waals surface area contributed by atoms with E-state index >= 15 is 0 Å². The molecule has 3 nitrogen and oxygen atoms in total. The first-order valence-corrected chi connectivity index (χ1v) is 6.20. The highest BCUT2D eigenvalue weighted by molar-refractivity contribution is 7.99. The second kappa shape index (κ2) is 4.74. The summed E-state index contributed by atoms with van der Waals surface area (Å²) >= 11 is 2.07. The Morgan fingerprint density at radius 2 is 2.62 bits per heavy atom. The van der Waals surface area contributed by atoms with Crippen LogP contribution in [-0.2, 0) is 0 Å². The lowest BCUT2D eigenvalue weighted by molar-refractivity contribution is 0.568. The summed E-state index contributed by atoms with van der Waals surface area (Å²) in [6, 6.07) is 0. The highest BCUT2D eigenvalue weighted by Crippen LogP contribution is 2.22. The summed E-state index contributed by atoms with van der Waals surface area (Å²) in [4.78, 5) is 4.38. The Morgan fingerprint density at radius 1 is 1.62 bits per heavy atom. The normalized spacial score (nSPS) is 28.0.